The van der Waals surface area contributed by atoms with Crippen molar-refractivity contribution in [2.45, 2.75) is 57.6 Å². The Kier molecular flexibility index (Phi) is 11.4. The van der Waals surface area contributed by atoms with Gasteiger partial charge in [0.05, 0.1) is 31.9 Å². The molecular weight excluding hydrogens is 570 g/mol. The summed E-state index contributed by atoms with van der Waals surface area (Å²) in [5, 5.41) is 2.93. The summed E-state index contributed by atoms with van der Waals surface area (Å²) in [4.78, 5) is 28.8. The van der Waals surface area contributed by atoms with E-state index in [1.165, 1.54) is 37.3 Å². The van der Waals surface area contributed by atoms with Crippen molar-refractivity contribution in [2.24, 2.45) is 0 Å². The Balaban J connectivity index is 2.12. The molecule has 0 aromatic heterocycles. The van der Waals surface area contributed by atoms with Gasteiger partial charge >= 0.3 is 0 Å². The molecule has 0 aliphatic heterocycles. The van der Waals surface area contributed by atoms with Crippen molar-refractivity contribution < 1.29 is 32.2 Å². The predicted octanol–water partition coefficient (Wildman–Crippen LogP) is 4.55. The average Bonchev–Trinajstić information content (AvgIpc) is 3.01. The standard InChI is InChI=1S/C32H41N3O7S/c1-8-23(3)33-32(37)24(4)34(20-25-10-9-11-26(18-25)40-5)31(36)21-35(29-19-27(41-6)14-17-30(29)42-7)43(38,39)28-15-12-22(2)13-16-28/h9-19,23-24H,8,20-21H2,1-7H3,(H,33,37). The summed E-state index contributed by atoms with van der Waals surface area (Å²) in [6, 6.07) is 17.2. The first kappa shape index (κ1) is 33.3. The van der Waals surface area contributed by atoms with Crippen molar-refractivity contribution in [1.29, 1.82) is 0 Å². The Morgan fingerprint density at radius 3 is 2.14 bits per heavy atom. The number of hydrogen-bond acceptors (Lipinski definition) is 7. The first-order valence-corrected chi connectivity index (χ1v) is 15.4. The van der Waals surface area contributed by atoms with Gasteiger partial charge in [-0.15, -0.1) is 0 Å². The van der Waals surface area contributed by atoms with Gasteiger partial charge in [0.15, 0.2) is 0 Å². The number of methoxy groups -OCH3 is 3. The molecule has 232 valence electrons. The monoisotopic (exact) mass is 611 g/mol. The van der Waals surface area contributed by atoms with Crippen LogP contribution in [0.1, 0.15) is 38.3 Å². The lowest BCUT2D eigenvalue weighted by Crippen LogP contribution is -2.52. The number of carbonyl (C=O) groups excluding carboxylic acids is 2. The van der Waals surface area contributed by atoms with Gasteiger partial charge in [0, 0.05) is 18.7 Å². The number of benzene rings is 3. The van der Waals surface area contributed by atoms with E-state index >= 15 is 0 Å². The summed E-state index contributed by atoms with van der Waals surface area (Å²) < 4.78 is 45.6. The van der Waals surface area contributed by atoms with E-state index in [1.54, 1.807) is 56.5 Å². The van der Waals surface area contributed by atoms with Gasteiger partial charge in [-0.25, -0.2) is 8.42 Å². The number of amides is 2. The molecule has 3 aromatic rings. The van der Waals surface area contributed by atoms with Crippen LogP contribution in [0.5, 0.6) is 17.2 Å². The molecule has 2 unspecified atom stereocenters. The highest BCUT2D eigenvalue weighted by molar-refractivity contribution is 7.92. The molecule has 43 heavy (non-hydrogen) atoms. The minimum absolute atomic E-state index is 0.00215. The lowest BCUT2D eigenvalue weighted by Gasteiger charge is -2.33. The van der Waals surface area contributed by atoms with E-state index in [9.17, 15) is 18.0 Å². The maximum Gasteiger partial charge on any atom is 0.264 e. The Bertz CT molecular complexity index is 1510. The third kappa shape index (κ3) is 8.19. The molecule has 0 fully saturated rings. The summed E-state index contributed by atoms with van der Waals surface area (Å²) in [6.07, 6.45) is 0.709. The topological polar surface area (TPSA) is 114 Å². The zero-order valence-electron chi connectivity index (χ0n) is 25.8. The van der Waals surface area contributed by atoms with Gasteiger partial charge in [-0.05, 0) is 69.2 Å². The van der Waals surface area contributed by atoms with E-state index in [4.69, 9.17) is 14.2 Å². The van der Waals surface area contributed by atoms with Gasteiger partial charge in [-0.2, -0.15) is 0 Å². The number of carbonyl (C=O) groups is 2. The molecule has 0 aliphatic carbocycles. The van der Waals surface area contributed by atoms with Gasteiger partial charge in [0.2, 0.25) is 11.8 Å². The number of sulfonamides is 1. The summed E-state index contributed by atoms with van der Waals surface area (Å²) in [6.45, 7) is 6.74. The van der Waals surface area contributed by atoms with Crippen molar-refractivity contribution in [3.8, 4) is 17.2 Å². The van der Waals surface area contributed by atoms with Crippen molar-refractivity contribution in [1.82, 2.24) is 10.2 Å². The highest BCUT2D eigenvalue weighted by Crippen LogP contribution is 2.36. The molecule has 0 saturated heterocycles. The quantitative estimate of drug-likeness (QED) is 0.285. The van der Waals surface area contributed by atoms with Crippen molar-refractivity contribution in [3.05, 3.63) is 77.9 Å². The number of nitrogens with zero attached hydrogens (tertiary/aromatic N) is 2. The van der Waals surface area contributed by atoms with Crippen molar-refractivity contribution in [3.63, 3.8) is 0 Å². The van der Waals surface area contributed by atoms with Crippen LogP contribution in [0.15, 0.2) is 71.6 Å². The average molecular weight is 612 g/mol. The second-order valence-corrected chi connectivity index (χ2v) is 12.1. The lowest BCUT2D eigenvalue weighted by atomic mass is 10.1. The molecule has 3 rings (SSSR count). The van der Waals surface area contributed by atoms with E-state index in [2.05, 4.69) is 5.32 Å². The van der Waals surface area contributed by atoms with E-state index in [1.807, 2.05) is 26.8 Å². The second-order valence-electron chi connectivity index (χ2n) is 10.2. The van der Waals surface area contributed by atoms with E-state index < -0.39 is 28.5 Å². The second kappa shape index (κ2) is 14.8. The Hall–Kier alpha value is -4.25. The SMILES string of the molecule is CCC(C)NC(=O)C(C)N(Cc1cccc(OC)c1)C(=O)CN(c1cc(OC)ccc1OC)S(=O)(=O)c1ccc(C)cc1. The van der Waals surface area contributed by atoms with Crippen molar-refractivity contribution in [2.75, 3.05) is 32.2 Å². The number of hydrogen-bond donors (Lipinski definition) is 1. The highest BCUT2D eigenvalue weighted by atomic mass is 32.2. The van der Waals surface area contributed by atoms with Crippen molar-refractivity contribution >= 4 is 27.5 Å². The van der Waals surface area contributed by atoms with E-state index in [0.29, 0.717) is 23.5 Å². The summed E-state index contributed by atoms with van der Waals surface area (Å²) in [7, 11) is 0.140. The minimum atomic E-state index is -4.28. The van der Waals surface area contributed by atoms with Crippen LogP contribution in [0.3, 0.4) is 0 Å². The van der Waals surface area contributed by atoms with Crippen LogP contribution >= 0.6 is 0 Å². The van der Waals surface area contributed by atoms with E-state index in [0.717, 1.165) is 9.87 Å². The molecule has 0 spiro atoms. The Morgan fingerprint density at radius 1 is 0.884 bits per heavy atom. The van der Waals surface area contributed by atoms with Gasteiger partial charge in [-0.3, -0.25) is 13.9 Å². The molecule has 0 radical (unpaired) electrons. The maximum absolute atomic E-state index is 14.2. The van der Waals surface area contributed by atoms with Gasteiger partial charge in [0.1, 0.15) is 29.8 Å². The fourth-order valence-electron chi connectivity index (χ4n) is 4.36. The molecule has 2 amide bonds. The zero-order chi connectivity index (χ0) is 31.7. The summed E-state index contributed by atoms with van der Waals surface area (Å²) in [5.41, 5.74) is 1.71. The molecule has 0 bridgehead atoms. The van der Waals surface area contributed by atoms with Crippen LogP contribution in [0.25, 0.3) is 0 Å². The molecule has 11 heteroatoms. The van der Waals surface area contributed by atoms with Crippen LogP contribution in [0, 0.1) is 6.92 Å². The molecule has 0 heterocycles. The summed E-state index contributed by atoms with van der Waals surface area (Å²) in [5.74, 6) is 0.257. The molecule has 1 N–H and O–H groups in total. The lowest BCUT2D eigenvalue weighted by molar-refractivity contribution is -0.139. The van der Waals surface area contributed by atoms with Crippen LogP contribution in [0.4, 0.5) is 5.69 Å². The third-order valence-corrected chi connectivity index (χ3v) is 8.97. The number of anilines is 1. The number of nitrogens with one attached hydrogen (secondary N) is 1. The predicted molar refractivity (Wildman–Crippen MR) is 166 cm³/mol. The Labute approximate surface area is 254 Å². The molecule has 0 saturated carbocycles. The van der Waals surface area contributed by atoms with Gasteiger partial charge in [-0.1, -0.05) is 36.8 Å². The largest absolute Gasteiger partial charge is 0.497 e. The fraction of sp³-hybridized carbons (Fsp3) is 0.375. The van der Waals surface area contributed by atoms with Crippen LogP contribution in [0.2, 0.25) is 0 Å². The smallest absolute Gasteiger partial charge is 0.264 e. The third-order valence-electron chi connectivity index (χ3n) is 7.20. The van der Waals surface area contributed by atoms with Crippen LogP contribution < -0.4 is 23.8 Å². The van der Waals surface area contributed by atoms with E-state index in [-0.39, 0.29) is 34.8 Å². The summed E-state index contributed by atoms with van der Waals surface area (Å²) >= 11 is 0. The fourth-order valence-corrected chi connectivity index (χ4v) is 5.77. The number of aryl methyl sites for hydroxylation is 1. The zero-order valence-corrected chi connectivity index (χ0v) is 26.6. The molecular formula is C32H41N3O7S. The molecule has 2 atom stereocenters. The molecule has 10 nitrogen and oxygen atoms in total. The highest BCUT2D eigenvalue weighted by Gasteiger charge is 2.34. The molecule has 3 aromatic carbocycles. The van der Waals surface area contributed by atoms with Crippen LogP contribution in [-0.4, -0.2) is 65.1 Å². The number of ether oxygens (including phenoxy) is 3. The van der Waals surface area contributed by atoms with Gasteiger partial charge in [0.25, 0.3) is 10.0 Å². The number of rotatable bonds is 14. The first-order chi connectivity index (χ1) is 20.4. The molecule has 0 aliphatic rings. The minimum Gasteiger partial charge on any atom is -0.497 e. The van der Waals surface area contributed by atoms with Gasteiger partial charge < -0.3 is 24.4 Å². The maximum atomic E-state index is 14.2. The Morgan fingerprint density at radius 2 is 1.53 bits per heavy atom. The first-order valence-electron chi connectivity index (χ1n) is 14.0. The van der Waals surface area contributed by atoms with Crippen LogP contribution in [-0.2, 0) is 26.2 Å². The normalized spacial score (nSPS) is 12.5.